The highest BCUT2D eigenvalue weighted by Crippen LogP contribution is 2.39. The van der Waals surface area contributed by atoms with Crippen LogP contribution in [0.15, 0.2) is 107 Å². The quantitative estimate of drug-likeness (QED) is 0.0410. The number of aliphatic carboxylic acids is 1. The van der Waals surface area contributed by atoms with Crippen LogP contribution in [0.5, 0.6) is 0 Å². The molecular weight excluding hydrogens is 913 g/mol. The Morgan fingerprint density at radius 1 is 0.653 bits per heavy atom. The molecule has 0 spiro atoms. The van der Waals surface area contributed by atoms with Gasteiger partial charge in [0.1, 0.15) is 17.8 Å². The number of ether oxygens (including phenoxy) is 1. The zero-order valence-electron chi connectivity index (χ0n) is 42.1. The number of nitrogens with one attached hydrogen (secondary N) is 4. The monoisotopic (exact) mass is 981 g/mol. The van der Waals surface area contributed by atoms with Crippen molar-refractivity contribution in [3.63, 3.8) is 0 Å². The molecule has 2 saturated heterocycles. The Bertz CT molecular complexity index is 2690. The average Bonchev–Trinajstić information content (AvgIpc) is 4.01. The number of hydrogen-bond acceptors (Lipinski definition) is 13. The highest BCUT2D eigenvalue weighted by Gasteiger charge is 2.36. The van der Waals surface area contributed by atoms with Crippen LogP contribution in [0.4, 0.5) is 22.7 Å². The Kier molecular flexibility index (Phi) is 18.3. The number of hydrogen-bond donors (Lipinski definition) is 5. The lowest BCUT2D eigenvalue weighted by Gasteiger charge is -2.26. The predicted molar refractivity (Wildman–Crippen MR) is 282 cm³/mol. The number of anilines is 4. The fourth-order valence-corrected chi connectivity index (χ4v) is 9.38. The van der Waals surface area contributed by atoms with Gasteiger partial charge in [-0.05, 0) is 119 Å². The van der Waals surface area contributed by atoms with Crippen molar-refractivity contribution < 1.29 is 33.8 Å². The van der Waals surface area contributed by atoms with E-state index < -0.39 is 17.8 Å². The van der Waals surface area contributed by atoms with Crippen LogP contribution in [0.1, 0.15) is 110 Å². The molecule has 4 heterocycles. The van der Waals surface area contributed by atoms with Crippen molar-refractivity contribution in [1.29, 1.82) is 0 Å². The molecule has 0 saturated carbocycles. The number of amides is 3. The van der Waals surface area contributed by atoms with Gasteiger partial charge in [0.15, 0.2) is 0 Å². The molecule has 2 atom stereocenters. The van der Waals surface area contributed by atoms with E-state index in [4.69, 9.17) is 20.0 Å². The summed E-state index contributed by atoms with van der Waals surface area (Å²) in [6.45, 7) is 14.0. The molecule has 17 heteroatoms. The van der Waals surface area contributed by atoms with Crippen molar-refractivity contribution in [3.05, 3.63) is 130 Å². The maximum Gasteiger partial charge on any atom is 0.328 e. The molecule has 72 heavy (non-hydrogen) atoms. The molecule has 5 N–H and O–H groups in total. The molecule has 0 aliphatic carbocycles. The van der Waals surface area contributed by atoms with Crippen molar-refractivity contribution >= 4 is 63.8 Å². The fraction of sp³-hybridized carbons (Fsp3) is 0.400. The minimum Gasteiger partial charge on any atom is -0.478 e. The van der Waals surface area contributed by atoms with E-state index >= 15 is 0 Å². The lowest BCUT2D eigenvalue weighted by molar-refractivity contribution is -0.145. The largest absolute Gasteiger partial charge is 0.478 e. The van der Waals surface area contributed by atoms with Crippen molar-refractivity contribution in [1.82, 2.24) is 20.9 Å². The number of benzene rings is 4. The lowest BCUT2D eigenvalue weighted by atomic mass is 9.99. The van der Waals surface area contributed by atoms with Crippen LogP contribution >= 0.6 is 0 Å². The van der Waals surface area contributed by atoms with Crippen LogP contribution in [0.2, 0.25) is 0 Å². The summed E-state index contributed by atoms with van der Waals surface area (Å²) in [6, 6.07) is 27.5. The number of aryl methyl sites for hydroxylation is 4. The maximum atomic E-state index is 13.2. The molecule has 380 valence electrons. The number of piperidine rings is 2. The highest BCUT2D eigenvalue weighted by molar-refractivity contribution is 6.40. The number of carboxylic acid groups (broad SMARTS) is 1. The fourth-order valence-electron chi connectivity index (χ4n) is 9.38. The third-order valence-corrected chi connectivity index (χ3v) is 12.9. The number of nitrogens with zero attached hydrogens (tertiary/aromatic N) is 6. The van der Waals surface area contributed by atoms with Gasteiger partial charge in [0.2, 0.25) is 5.91 Å². The molecule has 8 rings (SSSR count). The summed E-state index contributed by atoms with van der Waals surface area (Å²) in [5, 5.41) is 32.2. The first kappa shape index (κ1) is 52.5. The first-order valence-electron chi connectivity index (χ1n) is 25.0. The first-order chi connectivity index (χ1) is 34.7. The zero-order chi connectivity index (χ0) is 51.1. The van der Waals surface area contributed by atoms with Crippen molar-refractivity contribution in [3.8, 4) is 0 Å². The number of rotatable bonds is 16. The third-order valence-electron chi connectivity index (χ3n) is 12.9. The Morgan fingerprint density at radius 2 is 1.14 bits per heavy atom. The van der Waals surface area contributed by atoms with E-state index in [1.54, 1.807) is 19.1 Å². The molecular formula is C55H68N10O7. The summed E-state index contributed by atoms with van der Waals surface area (Å²) in [7, 11) is 0. The highest BCUT2D eigenvalue weighted by atomic mass is 16.5. The van der Waals surface area contributed by atoms with Gasteiger partial charge >= 0.3 is 11.9 Å². The molecule has 4 aromatic carbocycles. The molecule has 2 fully saturated rings. The third kappa shape index (κ3) is 14.4. The molecule has 0 radical (unpaired) electrons. The molecule has 3 amide bonds. The van der Waals surface area contributed by atoms with E-state index in [2.05, 4.69) is 59.6 Å². The molecule has 2 unspecified atom stereocenters. The number of hydrazone groups is 2. The second-order valence-corrected chi connectivity index (χ2v) is 18.7. The lowest BCUT2D eigenvalue weighted by Crippen LogP contribution is -2.47. The predicted octanol–water partition coefficient (Wildman–Crippen LogP) is 8.20. The maximum absolute atomic E-state index is 13.2. The van der Waals surface area contributed by atoms with E-state index in [0.717, 1.165) is 103 Å². The molecule has 17 nitrogen and oxygen atoms in total. The summed E-state index contributed by atoms with van der Waals surface area (Å²) in [5.74, 6) is -2.30. The van der Waals surface area contributed by atoms with Crippen LogP contribution in [0.3, 0.4) is 0 Å². The van der Waals surface area contributed by atoms with Gasteiger partial charge in [-0.1, -0.05) is 78.6 Å². The Balaban J connectivity index is 0.000000212. The standard InChI is InChI=1S/C28H35N5O4.C27H33N5O3/c1-4-37-27(35)18-26(34)29-22-10-8-9-21(16-22)25-17-23(28(36)31-32-13-6-5-7-14-32)30-33(25)24-12-11-19(2)15-20(24)3;1-19-11-12-24(20(2)16-19)32-25(18-23(29-32)27(35)30-31-14-4-3-5-15-31)21-8-6-9-22(17-21)28-13-7-10-26(33)34/h8-12,15-16,25H,4-7,13-14,17-18H2,1-3H3,(H,29,34)(H,31,36);6-12,16-17,25,28H,3-5,13-15,18H2,1-2H3,(H,30,35)(H,33,34)/b;10-7+. The van der Waals surface area contributed by atoms with Crippen LogP contribution in [-0.2, 0) is 28.7 Å². The van der Waals surface area contributed by atoms with Gasteiger partial charge in [-0.3, -0.25) is 40.0 Å². The van der Waals surface area contributed by atoms with Crippen molar-refractivity contribution in [2.75, 3.05) is 60.0 Å². The van der Waals surface area contributed by atoms with Gasteiger partial charge in [0, 0.05) is 63.0 Å². The normalized spacial score (nSPS) is 18.1. The van der Waals surface area contributed by atoms with E-state index in [1.807, 2.05) is 88.5 Å². The van der Waals surface area contributed by atoms with Crippen LogP contribution < -0.4 is 31.5 Å². The SMILES string of the molecule is CCOC(=O)CC(=O)Nc1cccc(C2CC(C(=O)NN3CCCCC3)=NN2c2ccc(C)cc2C)c1.Cc1ccc(N2N=C(C(=O)NN3CCCCC3)CC2c2cccc(NC/C=C/C(=O)O)c2)c(C)c1. The van der Waals surface area contributed by atoms with Gasteiger partial charge < -0.3 is 20.5 Å². The minimum atomic E-state index is -0.969. The summed E-state index contributed by atoms with van der Waals surface area (Å²) in [5.41, 5.74) is 16.8. The summed E-state index contributed by atoms with van der Waals surface area (Å²) >= 11 is 0. The van der Waals surface area contributed by atoms with Gasteiger partial charge in [-0.25, -0.2) is 14.8 Å². The van der Waals surface area contributed by atoms with Gasteiger partial charge in [0.25, 0.3) is 11.8 Å². The van der Waals surface area contributed by atoms with Crippen molar-refractivity contribution in [2.24, 2.45) is 10.2 Å². The van der Waals surface area contributed by atoms with Gasteiger partial charge in [-0.2, -0.15) is 10.2 Å². The summed E-state index contributed by atoms with van der Waals surface area (Å²) < 4.78 is 4.86. The number of hydrazine groups is 2. The van der Waals surface area contributed by atoms with Crippen LogP contribution in [0.25, 0.3) is 0 Å². The average molecular weight is 981 g/mol. The number of carbonyl (C=O) groups excluding carboxylic acids is 4. The smallest absolute Gasteiger partial charge is 0.328 e. The van der Waals surface area contributed by atoms with E-state index in [9.17, 15) is 24.0 Å². The molecule has 4 aliphatic rings. The minimum absolute atomic E-state index is 0.130. The van der Waals surface area contributed by atoms with E-state index in [-0.39, 0.29) is 36.9 Å². The van der Waals surface area contributed by atoms with Crippen molar-refractivity contribution in [2.45, 2.75) is 104 Å². The summed E-state index contributed by atoms with van der Waals surface area (Å²) in [6.07, 6.45) is 9.96. The molecule has 0 bridgehead atoms. The first-order valence-corrected chi connectivity index (χ1v) is 25.0. The van der Waals surface area contributed by atoms with E-state index in [0.29, 0.717) is 36.5 Å². The molecule has 4 aliphatic heterocycles. The second kappa shape index (κ2) is 25.1. The molecule has 4 aromatic rings. The Morgan fingerprint density at radius 3 is 1.61 bits per heavy atom. The van der Waals surface area contributed by atoms with Crippen LogP contribution in [-0.4, -0.2) is 95.5 Å². The summed E-state index contributed by atoms with van der Waals surface area (Å²) in [4.78, 5) is 61.0. The van der Waals surface area contributed by atoms with E-state index in [1.165, 1.54) is 18.4 Å². The second-order valence-electron chi connectivity index (χ2n) is 18.7. The Hall–Kier alpha value is -7.37. The topological polar surface area (TPSA) is 201 Å². The number of carboxylic acids is 1. The number of esters is 1. The zero-order valence-corrected chi connectivity index (χ0v) is 42.1. The molecule has 0 aromatic heterocycles. The number of carbonyl (C=O) groups is 5. The van der Waals surface area contributed by atoms with Gasteiger partial charge in [-0.15, -0.1) is 0 Å². The van der Waals surface area contributed by atoms with Gasteiger partial charge in [0.05, 0.1) is 30.1 Å². The van der Waals surface area contributed by atoms with Crippen LogP contribution in [0, 0.1) is 27.7 Å². The Labute approximate surface area is 422 Å².